The molecule has 1 aliphatic carbocycles. The third kappa shape index (κ3) is 1.91. The molecule has 1 N–H and O–H groups in total. The Morgan fingerprint density at radius 3 is 3.14 bits per heavy atom. The van der Waals surface area contributed by atoms with Crippen molar-refractivity contribution in [2.24, 2.45) is 5.92 Å². The van der Waals surface area contributed by atoms with Crippen LogP contribution in [0.15, 0.2) is 30.5 Å². The first-order valence-corrected chi connectivity index (χ1v) is 7.87. The van der Waals surface area contributed by atoms with E-state index in [-0.39, 0.29) is 11.9 Å². The average Bonchev–Trinajstić information content (AvgIpc) is 2.93. The Bertz CT molecular complexity index is 774. The van der Waals surface area contributed by atoms with Gasteiger partial charge in [0.15, 0.2) is 0 Å². The van der Waals surface area contributed by atoms with Gasteiger partial charge in [-0.25, -0.2) is 0 Å². The molecule has 2 atom stereocenters. The summed E-state index contributed by atoms with van der Waals surface area (Å²) in [4.78, 5) is 17.8. The normalized spacial score (nSPS) is 24.0. The van der Waals surface area contributed by atoms with Crippen molar-refractivity contribution in [3.05, 3.63) is 41.6 Å². The van der Waals surface area contributed by atoms with E-state index in [2.05, 4.69) is 47.4 Å². The predicted octanol–water partition coefficient (Wildman–Crippen LogP) is 2.60. The van der Waals surface area contributed by atoms with E-state index < -0.39 is 0 Å². The molecule has 4 heteroatoms. The van der Waals surface area contributed by atoms with E-state index in [1.54, 1.807) is 0 Å². The fourth-order valence-corrected chi connectivity index (χ4v) is 3.85. The van der Waals surface area contributed by atoms with Gasteiger partial charge in [0.1, 0.15) is 0 Å². The van der Waals surface area contributed by atoms with Crippen LogP contribution in [0.2, 0.25) is 0 Å². The Balaban J connectivity index is 1.84. The predicted molar refractivity (Wildman–Crippen MR) is 86.5 cm³/mol. The molecule has 2 aromatic rings. The molecule has 22 heavy (non-hydrogen) atoms. The van der Waals surface area contributed by atoms with E-state index >= 15 is 0 Å². The van der Waals surface area contributed by atoms with Gasteiger partial charge in [0.25, 0.3) is 0 Å². The van der Waals surface area contributed by atoms with E-state index in [1.165, 1.54) is 27.6 Å². The van der Waals surface area contributed by atoms with Gasteiger partial charge >= 0.3 is 5.97 Å². The third-order valence-electron chi connectivity index (χ3n) is 4.86. The topological polar surface area (TPSA) is 45.3 Å². The van der Waals surface area contributed by atoms with Crippen molar-refractivity contribution in [3.8, 4) is 0 Å². The van der Waals surface area contributed by atoms with Gasteiger partial charge in [0.2, 0.25) is 0 Å². The number of hydrogen-bond donors (Lipinski definition) is 1. The van der Waals surface area contributed by atoms with Crippen molar-refractivity contribution in [1.82, 2.24) is 9.88 Å². The zero-order valence-corrected chi connectivity index (χ0v) is 12.9. The summed E-state index contributed by atoms with van der Waals surface area (Å²) in [6.45, 7) is 3.01. The highest BCUT2D eigenvalue weighted by atomic mass is 16.5. The summed E-state index contributed by atoms with van der Waals surface area (Å²) in [5.74, 6) is -0.292. The number of nitrogens with zero attached hydrogens (tertiary/aromatic N) is 1. The van der Waals surface area contributed by atoms with Crippen molar-refractivity contribution in [3.63, 3.8) is 0 Å². The number of hydrogen-bond acceptors (Lipinski definition) is 3. The monoisotopic (exact) mass is 296 g/mol. The molecule has 0 unspecified atom stereocenters. The minimum absolute atomic E-state index is 0.118. The first-order chi connectivity index (χ1) is 10.7. The number of aromatic nitrogens is 1. The molecule has 0 amide bonds. The molecule has 0 saturated heterocycles. The van der Waals surface area contributed by atoms with Gasteiger partial charge in [-0.3, -0.25) is 9.69 Å². The largest absolute Gasteiger partial charge is 0.466 e. The standard InChI is InChI=1S/C18H20N2O2/c1-3-22-18(21)12-7-14-13-5-4-6-15-17(13)11(9-19-15)8-16(14)20(2)10-12/h4-7,9,12,16,19H,3,8,10H2,1-2H3/t12-,16-/m1/s1. The van der Waals surface area contributed by atoms with E-state index in [0.29, 0.717) is 12.6 Å². The quantitative estimate of drug-likeness (QED) is 0.867. The Hall–Kier alpha value is -2.07. The molecule has 2 aliphatic rings. The third-order valence-corrected chi connectivity index (χ3v) is 4.86. The zero-order valence-electron chi connectivity index (χ0n) is 12.9. The first-order valence-electron chi connectivity index (χ1n) is 7.87. The number of nitrogens with one attached hydrogen (secondary N) is 1. The number of aromatic amines is 1. The van der Waals surface area contributed by atoms with E-state index in [1.807, 2.05) is 6.92 Å². The van der Waals surface area contributed by atoms with Crippen LogP contribution < -0.4 is 0 Å². The molecule has 0 fully saturated rings. The van der Waals surface area contributed by atoms with Crippen LogP contribution in [0.3, 0.4) is 0 Å². The van der Waals surface area contributed by atoms with Crippen molar-refractivity contribution in [2.45, 2.75) is 19.4 Å². The Morgan fingerprint density at radius 2 is 2.32 bits per heavy atom. The van der Waals surface area contributed by atoms with Gasteiger partial charge in [-0.1, -0.05) is 18.2 Å². The minimum atomic E-state index is -0.174. The summed E-state index contributed by atoms with van der Waals surface area (Å²) < 4.78 is 5.22. The SMILES string of the molecule is CCOC(=O)[C@@H]1C=C2c3cccc4[nH]cc(c34)C[C@H]2N(C)C1. The molecule has 1 aromatic heterocycles. The fourth-order valence-electron chi connectivity index (χ4n) is 3.85. The van der Waals surface area contributed by atoms with E-state index in [9.17, 15) is 4.79 Å². The summed E-state index contributed by atoms with van der Waals surface area (Å²) in [5, 5.41) is 1.31. The lowest BCUT2D eigenvalue weighted by Gasteiger charge is -2.39. The smallest absolute Gasteiger partial charge is 0.314 e. The summed E-state index contributed by atoms with van der Waals surface area (Å²) in [7, 11) is 2.10. The molecule has 0 saturated carbocycles. The lowest BCUT2D eigenvalue weighted by molar-refractivity contribution is -0.147. The Labute approximate surface area is 129 Å². The molecular weight excluding hydrogens is 276 g/mol. The van der Waals surface area contributed by atoms with E-state index in [0.717, 1.165) is 13.0 Å². The molecule has 2 heterocycles. The summed E-state index contributed by atoms with van der Waals surface area (Å²) >= 11 is 0. The van der Waals surface area contributed by atoms with Crippen molar-refractivity contribution < 1.29 is 9.53 Å². The minimum Gasteiger partial charge on any atom is -0.466 e. The number of carbonyl (C=O) groups excluding carboxylic acids is 1. The number of rotatable bonds is 2. The van der Waals surface area contributed by atoms with Crippen LogP contribution in [-0.2, 0) is 16.0 Å². The lowest BCUT2D eigenvalue weighted by atomic mass is 9.80. The van der Waals surface area contributed by atoms with Crippen LogP contribution >= 0.6 is 0 Å². The van der Waals surface area contributed by atoms with Crippen LogP contribution in [0.25, 0.3) is 16.5 Å². The highest BCUT2D eigenvalue weighted by Gasteiger charge is 2.35. The van der Waals surface area contributed by atoms with Crippen LogP contribution in [0.4, 0.5) is 0 Å². The second-order valence-corrected chi connectivity index (χ2v) is 6.18. The van der Waals surface area contributed by atoms with Gasteiger partial charge in [0, 0.05) is 29.7 Å². The number of esters is 1. The summed E-state index contributed by atoms with van der Waals surface area (Å²) in [5.41, 5.74) is 5.07. The number of ether oxygens (including phenoxy) is 1. The van der Waals surface area contributed by atoms with Gasteiger partial charge in [-0.05, 0) is 43.2 Å². The molecule has 0 radical (unpaired) electrons. The van der Waals surface area contributed by atoms with Crippen LogP contribution in [-0.4, -0.2) is 42.1 Å². The van der Waals surface area contributed by atoms with Gasteiger partial charge < -0.3 is 9.72 Å². The van der Waals surface area contributed by atoms with Crippen LogP contribution in [0.5, 0.6) is 0 Å². The molecule has 0 bridgehead atoms. The lowest BCUT2D eigenvalue weighted by Crippen LogP contribution is -2.44. The fraction of sp³-hybridized carbons (Fsp3) is 0.389. The number of carbonyl (C=O) groups is 1. The molecular formula is C18H20N2O2. The maximum atomic E-state index is 12.2. The van der Waals surface area contributed by atoms with E-state index in [4.69, 9.17) is 4.74 Å². The number of likely N-dealkylation sites (N-methyl/N-ethyl adjacent to an activating group) is 1. The maximum Gasteiger partial charge on any atom is 0.314 e. The highest BCUT2D eigenvalue weighted by Crippen LogP contribution is 2.40. The Morgan fingerprint density at radius 1 is 1.45 bits per heavy atom. The van der Waals surface area contributed by atoms with Crippen LogP contribution in [0.1, 0.15) is 18.1 Å². The molecule has 1 aromatic carbocycles. The van der Waals surface area contributed by atoms with Crippen molar-refractivity contribution in [2.75, 3.05) is 20.2 Å². The number of fused-ring (bicyclic) bond motifs is 2. The van der Waals surface area contributed by atoms with Gasteiger partial charge in [-0.15, -0.1) is 0 Å². The van der Waals surface area contributed by atoms with Crippen molar-refractivity contribution >= 4 is 22.4 Å². The second-order valence-electron chi connectivity index (χ2n) is 6.18. The summed E-state index contributed by atoms with van der Waals surface area (Å²) in [6.07, 6.45) is 5.25. The first kappa shape index (κ1) is 13.6. The molecule has 4 nitrogen and oxygen atoms in total. The van der Waals surface area contributed by atoms with Gasteiger partial charge in [0.05, 0.1) is 12.5 Å². The zero-order chi connectivity index (χ0) is 15.3. The average molecular weight is 296 g/mol. The second kappa shape index (κ2) is 4.99. The number of benzene rings is 1. The molecule has 4 rings (SSSR count). The molecule has 0 spiro atoms. The number of H-pyrrole nitrogens is 1. The maximum absolute atomic E-state index is 12.2. The Kier molecular flexibility index (Phi) is 3.08. The summed E-state index contributed by atoms with van der Waals surface area (Å²) in [6, 6.07) is 6.70. The molecule has 1 aliphatic heterocycles. The highest BCUT2D eigenvalue weighted by molar-refractivity contribution is 5.99. The molecule has 114 valence electrons. The van der Waals surface area contributed by atoms with Gasteiger partial charge in [-0.2, -0.15) is 0 Å². The van der Waals surface area contributed by atoms with Crippen LogP contribution in [0, 0.1) is 5.92 Å². The van der Waals surface area contributed by atoms with Crippen molar-refractivity contribution in [1.29, 1.82) is 0 Å².